The van der Waals surface area contributed by atoms with Crippen LogP contribution in [0.25, 0.3) is 0 Å². The van der Waals surface area contributed by atoms with Crippen LogP contribution >= 0.6 is 0 Å². The molecule has 0 spiro atoms. The zero-order valence-corrected chi connectivity index (χ0v) is 13.4. The quantitative estimate of drug-likeness (QED) is 0.683. The summed E-state index contributed by atoms with van der Waals surface area (Å²) in [5, 5.41) is 3.52. The van der Waals surface area contributed by atoms with E-state index < -0.39 is 0 Å². The second-order valence-corrected chi connectivity index (χ2v) is 6.36. The number of nitrogens with one attached hydrogen (secondary N) is 1. The van der Waals surface area contributed by atoms with Gasteiger partial charge in [-0.1, -0.05) is 47.0 Å². The van der Waals surface area contributed by atoms with Crippen LogP contribution < -0.4 is 5.32 Å². The van der Waals surface area contributed by atoms with Crippen molar-refractivity contribution < 1.29 is 4.79 Å². The summed E-state index contributed by atoms with van der Waals surface area (Å²) in [6.07, 6.45) is 7.07. The highest BCUT2D eigenvalue weighted by atomic mass is 16.2. The Morgan fingerprint density at radius 2 is 1.89 bits per heavy atom. The summed E-state index contributed by atoms with van der Waals surface area (Å²) in [5.41, 5.74) is 0. The van der Waals surface area contributed by atoms with Crippen LogP contribution in [0.1, 0.15) is 73.1 Å². The third kappa shape index (κ3) is 4.48. The summed E-state index contributed by atoms with van der Waals surface area (Å²) in [4.78, 5) is 14.6. The molecule has 1 rings (SSSR count). The molecular formula is C16H32N2O. The Labute approximate surface area is 119 Å². The summed E-state index contributed by atoms with van der Waals surface area (Å²) in [7, 11) is 0. The Balaban J connectivity index is 2.65. The number of amides is 1. The van der Waals surface area contributed by atoms with Crippen LogP contribution in [-0.4, -0.2) is 29.1 Å². The van der Waals surface area contributed by atoms with Gasteiger partial charge in [0.15, 0.2) is 0 Å². The van der Waals surface area contributed by atoms with Crippen molar-refractivity contribution in [2.45, 2.75) is 91.4 Å². The van der Waals surface area contributed by atoms with Crippen molar-refractivity contribution in [2.24, 2.45) is 5.92 Å². The van der Waals surface area contributed by atoms with E-state index >= 15 is 0 Å². The molecule has 0 saturated carbocycles. The van der Waals surface area contributed by atoms with Crippen molar-refractivity contribution in [2.75, 3.05) is 0 Å². The molecule has 1 amide bonds. The molecule has 1 heterocycles. The zero-order chi connectivity index (χ0) is 14.4. The highest BCUT2D eigenvalue weighted by molar-refractivity contribution is 5.84. The van der Waals surface area contributed by atoms with E-state index in [1.165, 1.54) is 19.3 Å². The normalized spacial score (nSPS) is 25.4. The molecule has 0 aliphatic carbocycles. The maximum Gasteiger partial charge on any atom is 0.241 e. The van der Waals surface area contributed by atoms with Crippen LogP contribution in [0.4, 0.5) is 0 Å². The van der Waals surface area contributed by atoms with Gasteiger partial charge in [-0.2, -0.15) is 0 Å². The molecule has 0 aromatic rings. The van der Waals surface area contributed by atoms with Crippen molar-refractivity contribution in [1.29, 1.82) is 0 Å². The number of rotatable bonds is 8. The van der Waals surface area contributed by atoms with Crippen LogP contribution in [0.3, 0.4) is 0 Å². The summed E-state index contributed by atoms with van der Waals surface area (Å²) >= 11 is 0. The van der Waals surface area contributed by atoms with Crippen molar-refractivity contribution in [3.8, 4) is 0 Å². The lowest BCUT2D eigenvalue weighted by molar-refractivity contribution is -0.132. The third-order valence-corrected chi connectivity index (χ3v) is 4.09. The number of carbonyl (C=O) groups excluding carboxylic acids is 1. The van der Waals surface area contributed by atoms with Gasteiger partial charge in [0.2, 0.25) is 5.91 Å². The van der Waals surface area contributed by atoms with E-state index in [0.717, 1.165) is 19.3 Å². The standard InChI is InChI=1S/C16H32N2O/c1-6-8-9-10-13(5)18-15(11-12(3)4)17-14(7-2)16(18)19/h12-15,17H,6-11H2,1-5H3. The number of carbonyl (C=O) groups is 1. The molecule has 1 N–H and O–H groups in total. The van der Waals surface area contributed by atoms with Gasteiger partial charge < -0.3 is 4.90 Å². The Hall–Kier alpha value is -0.570. The van der Waals surface area contributed by atoms with Gasteiger partial charge in [-0.05, 0) is 32.1 Å². The van der Waals surface area contributed by atoms with E-state index in [9.17, 15) is 4.79 Å². The number of nitrogens with zero attached hydrogens (tertiary/aromatic N) is 1. The van der Waals surface area contributed by atoms with E-state index in [0.29, 0.717) is 17.9 Å². The van der Waals surface area contributed by atoms with Crippen molar-refractivity contribution in [3.05, 3.63) is 0 Å². The van der Waals surface area contributed by atoms with E-state index in [2.05, 4.69) is 44.8 Å². The zero-order valence-electron chi connectivity index (χ0n) is 13.4. The third-order valence-electron chi connectivity index (χ3n) is 4.09. The molecule has 19 heavy (non-hydrogen) atoms. The molecule has 3 nitrogen and oxygen atoms in total. The predicted molar refractivity (Wildman–Crippen MR) is 80.9 cm³/mol. The molecule has 0 aromatic carbocycles. The van der Waals surface area contributed by atoms with Gasteiger partial charge >= 0.3 is 0 Å². The Morgan fingerprint density at radius 1 is 1.21 bits per heavy atom. The molecule has 1 aliphatic rings. The number of hydrogen-bond acceptors (Lipinski definition) is 2. The molecule has 1 aliphatic heterocycles. The largest absolute Gasteiger partial charge is 0.323 e. The minimum Gasteiger partial charge on any atom is -0.323 e. The van der Waals surface area contributed by atoms with Crippen molar-refractivity contribution in [1.82, 2.24) is 10.2 Å². The minimum absolute atomic E-state index is 0.0392. The molecule has 1 saturated heterocycles. The first kappa shape index (κ1) is 16.5. The summed E-state index contributed by atoms with van der Waals surface area (Å²) in [5.74, 6) is 0.934. The second-order valence-electron chi connectivity index (χ2n) is 6.36. The lowest BCUT2D eigenvalue weighted by atomic mass is 10.0. The highest BCUT2D eigenvalue weighted by Gasteiger charge is 2.39. The van der Waals surface area contributed by atoms with Crippen LogP contribution in [0, 0.1) is 5.92 Å². The fourth-order valence-corrected chi connectivity index (χ4v) is 2.99. The van der Waals surface area contributed by atoms with E-state index in [1.807, 2.05) is 0 Å². The highest BCUT2D eigenvalue weighted by Crippen LogP contribution is 2.24. The lowest BCUT2D eigenvalue weighted by Gasteiger charge is -2.31. The van der Waals surface area contributed by atoms with Crippen LogP contribution in [-0.2, 0) is 4.79 Å². The van der Waals surface area contributed by atoms with Gasteiger partial charge in [-0.3, -0.25) is 10.1 Å². The number of unbranched alkanes of at least 4 members (excludes halogenated alkanes) is 2. The first-order chi connectivity index (χ1) is 9.01. The van der Waals surface area contributed by atoms with Crippen molar-refractivity contribution in [3.63, 3.8) is 0 Å². The van der Waals surface area contributed by atoms with E-state index in [-0.39, 0.29) is 12.2 Å². The lowest BCUT2D eigenvalue weighted by Crippen LogP contribution is -2.44. The first-order valence-corrected chi connectivity index (χ1v) is 8.09. The topological polar surface area (TPSA) is 32.3 Å². The van der Waals surface area contributed by atoms with Crippen LogP contribution in [0.5, 0.6) is 0 Å². The Morgan fingerprint density at radius 3 is 2.42 bits per heavy atom. The second kappa shape index (κ2) is 7.88. The van der Waals surface area contributed by atoms with Gasteiger partial charge in [-0.25, -0.2) is 0 Å². The number of hydrogen-bond donors (Lipinski definition) is 1. The van der Waals surface area contributed by atoms with Gasteiger partial charge in [0.25, 0.3) is 0 Å². The maximum atomic E-state index is 12.5. The molecular weight excluding hydrogens is 236 g/mol. The van der Waals surface area contributed by atoms with Gasteiger partial charge in [0, 0.05) is 6.04 Å². The smallest absolute Gasteiger partial charge is 0.241 e. The Bertz CT molecular complexity index is 278. The van der Waals surface area contributed by atoms with Gasteiger partial charge in [0.05, 0.1) is 12.2 Å². The van der Waals surface area contributed by atoms with E-state index in [1.54, 1.807) is 0 Å². The molecule has 0 radical (unpaired) electrons. The van der Waals surface area contributed by atoms with Gasteiger partial charge in [0.1, 0.15) is 0 Å². The monoisotopic (exact) mass is 268 g/mol. The van der Waals surface area contributed by atoms with Crippen molar-refractivity contribution >= 4 is 5.91 Å². The van der Waals surface area contributed by atoms with E-state index in [4.69, 9.17) is 0 Å². The first-order valence-electron chi connectivity index (χ1n) is 8.09. The fourth-order valence-electron chi connectivity index (χ4n) is 2.99. The molecule has 1 fully saturated rings. The maximum absolute atomic E-state index is 12.5. The SMILES string of the molecule is CCCCCC(C)N1C(=O)C(CC)NC1CC(C)C. The summed E-state index contributed by atoms with van der Waals surface area (Å²) < 4.78 is 0. The summed E-state index contributed by atoms with van der Waals surface area (Å²) in [6.45, 7) is 11.0. The molecule has 3 heteroatoms. The summed E-state index contributed by atoms with van der Waals surface area (Å²) in [6, 6.07) is 0.407. The molecule has 112 valence electrons. The molecule has 0 aromatic heterocycles. The van der Waals surface area contributed by atoms with Gasteiger partial charge in [-0.15, -0.1) is 0 Å². The average molecular weight is 268 g/mol. The molecule has 3 atom stereocenters. The van der Waals surface area contributed by atoms with Crippen LogP contribution in [0.2, 0.25) is 0 Å². The predicted octanol–water partition coefficient (Wildman–Crippen LogP) is 3.54. The molecule has 3 unspecified atom stereocenters. The fraction of sp³-hybridized carbons (Fsp3) is 0.938. The Kier molecular flexibility index (Phi) is 6.84. The van der Waals surface area contributed by atoms with Crippen LogP contribution in [0.15, 0.2) is 0 Å². The average Bonchev–Trinajstić information content (AvgIpc) is 2.65. The molecule has 0 bridgehead atoms. The minimum atomic E-state index is 0.0392.